The van der Waals surface area contributed by atoms with Crippen LogP contribution in [0.1, 0.15) is 73.6 Å². The van der Waals surface area contributed by atoms with Gasteiger partial charge in [-0.25, -0.2) is 0 Å². The molecule has 0 amide bonds. The first-order chi connectivity index (χ1) is 8.91. The standard InChI is InChI=1S/C18H34S/c1-7-17(5,8-2)14-13-16(12-11-15-19)18(6,9-3)10-4/h11,13-16,19H,7-10,12H2,1-6H3/b14-13+,15-11+. The van der Waals surface area contributed by atoms with E-state index in [2.05, 4.69) is 72.4 Å². The highest BCUT2D eigenvalue weighted by Crippen LogP contribution is 2.39. The molecule has 0 aromatic carbocycles. The molecule has 1 atom stereocenters. The Labute approximate surface area is 127 Å². The van der Waals surface area contributed by atoms with Crippen LogP contribution >= 0.6 is 12.6 Å². The van der Waals surface area contributed by atoms with E-state index in [0.29, 0.717) is 16.7 Å². The smallest absolute Gasteiger partial charge is 0.0145 e. The van der Waals surface area contributed by atoms with Crippen LogP contribution in [-0.4, -0.2) is 0 Å². The highest BCUT2D eigenvalue weighted by molar-refractivity contribution is 7.83. The van der Waals surface area contributed by atoms with Gasteiger partial charge in [0.05, 0.1) is 0 Å². The monoisotopic (exact) mass is 282 g/mol. The van der Waals surface area contributed by atoms with Crippen molar-refractivity contribution in [2.45, 2.75) is 73.6 Å². The van der Waals surface area contributed by atoms with Gasteiger partial charge in [0.1, 0.15) is 0 Å². The largest absolute Gasteiger partial charge is 0.152 e. The molecule has 19 heavy (non-hydrogen) atoms. The lowest BCUT2D eigenvalue weighted by atomic mass is 9.70. The summed E-state index contributed by atoms with van der Waals surface area (Å²) in [5.74, 6) is 0.614. The highest BCUT2D eigenvalue weighted by atomic mass is 32.1. The zero-order valence-corrected chi connectivity index (χ0v) is 14.8. The fourth-order valence-electron chi connectivity index (χ4n) is 2.41. The summed E-state index contributed by atoms with van der Waals surface area (Å²) in [5.41, 5.74) is 0.748. The van der Waals surface area contributed by atoms with Crippen LogP contribution in [-0.2, 0) is 0 Å². The van der Waals surface area contributed by atoms with Crippen LogP contribution in [0.15, 0.2) is 23.6 Å². The highest BCUT2D eigenvalue weighted by Gasteiger charge is 2.28. The van der Waals surface area contributed by atoms with Crippen LogP contribution < -0.4 is 0 Å². The molecule has 0 N–H and O–H groups in total. The van der Waals surface area contributed by atoms with E-state index >= 15 is 0 Å². The maximum Gasteiger partial charge on any atom is -0.0145 e. The van der Waals surface area contributed by atoms with Crippen molar-refractivity contribution in [3.05, 3.63) is 23.6 Å². The molecule has 0 rings (SSSR count). The molecule has 0 aromatic rings. The summed E-state index contributed by atoms with van der Waals surface area (Å²) < 4.78 is 0. The molecule has 0 aliphatic heterocycles. The Kier molecular flexibility index (Phi) is 8.81. The minimum absolute atomic E-state index is 0.353. The first kappa shape index (κ1) is 18.8. The number of thiol groups is 1. The van der Waals surface area contributed by atoms with Crippen LogP contribution in [0.4, 0.5) is 0 Å². The van der Waals surface area contributed by atoms with Crippen molar-refractivity contribution in [3.63, 3.8) is 0 Å². The maximum absolute atomic E-state index is 4.21. The Morgan fingerprint density at radius 2 is 1.47 bits per heavy atom. The predicted octanol–water partition coefficient (Wildman–Crippen LogP) is 6.65. The second kappa shape index (κ2) is 8.89. The van der Waals surface area contributed by atoms with Crippen molar-refractivity contribution in [1.82, 2.24) is 0 Å². The molecule has 1 unspecified atom stereocenters. The third-order valence-electron chi connectivity index (χ3n) is 5.35. The van der Waals surface area contributed by atoms with Crippen LogP contribution in [0.5, 0.6) is 0 Å². The van der Waals surface area contributed by atoms with Gasteiger partial charge in [-0.3, -0.25) is 0 Å². The minimum Gasteiger partial charge on any atom is -0.152 e. The summed E-state index contributed by atoms with van der Waals surface area (Å²) in [6.07, 6.45) is 13.1. The molecule has 0 nitrogen and oxygen atoms in total. The predicted molar refractivity (Wildman–Crippen MR) is 92.8 cm³/mol. The number of allylic oxidation sites excluding steroid dienone is 3. The van der Waals surface area contributed by atoms with Gasteiger partial charge in [-0.15, -0.1) is 0 Å². The van der Waals surface area contributed by atoms with Crippen LogP contribution in [0.2, 0.25) is 0 Å². The van der Waals surface area contributed by atoms with Crippen LogP contribution in [0, 0.1) is 16.7 Å². The van der Waals surface area contributed by atoms with Crippen LogP contribution in [0.3, 0.4) is 0 Å². The fourth-order valence-corrected chi connectivity index (χ4v) is 2.53. The Morgan fingerprint density at radius 3 is 1.84 bits per heavy atom. The van der Waals surface area contributed by atoms with Crippen molar-refractivity contribution in [2.75, 3.05) is 0 Å². The number of rotatable bonds is 9. The first-order valence-electron chi connectivity index (χ1n) is 7.89. The van der Waals surface area contributed by atoms with Crippen LogP contribution in [0.25, 0.3) is 0 Å². The summed E-state index contributed by atoms with van der Waals surface area (Å²) >= 11 is 4.21. The molecule has 0 aliphatic rings. The quantitative estimate of drug-likeness (QED) is 0.355. The van der Waals surface area contributed by atoms with E-state index in [4.69, 9.17) is 0 Å². The van der Waals surface area contributed by atoms with Gasteiger partial charge in [0, 0.05) is 0 Å². The van der Waals surface area contributed by atoms with E-state index in [9.17, 15) is 0 Å². The lowest BCUT2D eigenvalue weighted by molar-refractivity contribution is 0.207. The van der Waals surface area contributed by atoms with Gasteiger partial charge in [0.15, 0.2) is 0 Å². The fraction of sp³-hybridized carbons (Fsp3) is 0.778. The molecule has 0 saturated heterocycles. The van der Waals surface area contributed by atoms with E-state index in [1.165, 1.54) is 25.7 Å². The molecule has 0 aliphatic carbocycles. The van der Waals surface area contributed by atoms with Gasteiger partial charge >= 0.3 is 0 Å². The van der Waals surface area contributed by atoms with Gasteiger partial charge < -0.3 is 0 Å². The van der Waals surface area contributed by atoms with Crippen molar-refractivity contribution in [3.8, 4) is 0 Å². The SMILES string of the molecule is CCC(C)(/C=C/C(C/C=C/S)C(C)(CC)CC)CC. The Hall–Kier alpha value is -0.170. The summed E-state index contributed by atoms with van der Waals surface area (Å²) in [6, 6.07) is 0. The van der Waals surface area contributed by atoms with Crippen molar-refractivity contribution < 1.29 is 0 Å². The number of hydrogen-bond donors (Lipinski definition) is 1. The summed E-state index contributed by atoms with van der Waals surface area (Å²) in [4.78, 5) is 0. The Morgan fingerprint density at radius 1 is 0.947 bits per heavy atom. The Bertz CT molecular complexity index is 280. The second-order valence-corrected chi connectivity index (χ2v) is 6.61. The second-order valence-electron chi connectivity index (χ2n) is 6.31. The lowest BCUT2D eigenvalue weighted by Gasteiger charge is -2.35. The lowest BCUT2D eigenvalue weighted by Crippen LogP contribution is -2.25. The zero-order valence-electron chi connectivity index (χ0n) is 13.9. The molecule has 0 spiro atoms. The molecule has 0 bridgehead atoms. The van der Waals surface area contributed by atoms with Gasteiger partial charge in [-0.2, -0.15) is 12.6 Å². The maximum atomic E-state index is 4.21. The van der Waals surface area contributed by atoms with Crippen molar-refractivity contribution in [1.29, 1.82) is 0 Å². The zero-order chi connectivity index (χ0) is 14.9. The Balaban J connectivity index is 5.11. The first-order valence-corrected chi connectivity index (χ1v) is 8.41. The summed E-state index contributed by atoms with van der Waals surface area (Å²) in [5, 5.41) is 1.88. The molecule has 0 radical (unpaired) electrons. The molecule has 112 valence electrons. The number of hydrogen-bond acceptors (Lipinski definition) is 1. The summed E-state index contributed by atoms with van der Waals surface area (Å²) in [6.45, 7) is 14.0. The third kappa shape index (κ3) is 5.77. The normalized spacial score (nSPS) is 15.5. The average molecular weight is 283 g/mol. The van der Waals surface area contributed by atoms with Crippen molar-refractivity contribution in [2.24, 2.45) is 16.7 Å². The molecular formula is C18H34S. The minimum atomic E-state index is 0.353. The van der Waals surface area contributed by atoms with E-state index in [0.717, 1.165) is 6.42 Å². The van der Waals surface area contributed by atoms with Gasteiger partial charge in [-0.05, 0) is 41.4 Å². The van der Waals surface area contributed by atoms with Gasteiger partial charge in [-0.1, -0.05) is 72.6 Å². The molecule has 1 heteroatoms. The van der Waals surface area contributed by atoms with E-state index in [-0.39, 0.29) is 0 Å². The van der Waals surface area contributed by atoms with Gasteiger partial charge in [0.2, 0.25) is 0 Å². The molecular weight excluding hydrogens is 248 g/mol. The van der Waals surface area contributed by atoms with E-state index in [1.54, 1.807) is 0 Å². The van der Waals surface area contributed by atoms with E-state index < -0.39 is 0 Å². The van der Waals surface area contributed by atoms with Crippen molar-refractivity contribution >= 4 is 12.6 Å². The third-order valence-corrected chi connectivity index (χ3v) is 5.56. The summed E-state index contributed by atoms with van der Waals surface area (Å²) in [7, 11) is 0. The van der Waals surface area contributed by atoms with E-state index in [1.807, 2.05) is 5.41 Å². The molecule has 0 aromatic heterocycles. The topological polar surface area (TPSA) is 0 Å². The molecule has 0 saturated carbocycles. The van der Waals surface area contributed by atoms with Gasteiger partial charge in [0.25, 0.3) is 0 Å². The average Bonchev–Trinajstić information content (AvgIpc) is 2.46. The molecule has 0 fully saturated rings. The molecule has 0 heterocycles.